The molecular formula is C16H25NO. The lowest BCUT2D eigenvalue weighted by Gasteiger charge is -2.18. The molecule has 18 heavy (non-hydrogen) atoms. The van der Waals surface area contributed by atoms with Gasteiger partial charge in [0.2, 0.25) is 0 Å². The van der Waals surface area contributed by atoms with E-state index in [9.17, 15) is 0 Å². The van der Waals surface area contributed by atoms with E-state index in [0.29, 0.717) is 6.04 Å². The second-order valence-corrected chi connectivity index (χ2v) is 5.36. The Labute approximate surface area is 111 Å². The molecule has 0 saturated carbocycles. The molecule has 0 spiro atoms. The normalized spacial score (nSPS) is 16.3. The van der Waals surface area contributed by atoms with Gasteiger partial charge < -0.3 is 10.1 Å². The number of hydrogen-bond acceptors (Lipinski definition) is 2. The smallest absolute Gasteiger partial charge is 0.0587 e. The zero-order valence-corrected chi connectivity index (χ0v) is 11.7. The summed E-state index contributed by atoms with van der Waals surface area (Å²) < 4.78 is 5.05. The highest BCUT2D eigenvalue weighted by Crippen LogP contribution is 2.22. The van der Waals surface area contributed by atoms with Crippen molar-refractivity contribution in [2.75, 3.05) is 20.3 Å². The molecule has 0 aliphatic heterocycles. The summed E-state index contributed by atoms with van der Waals surface area (Å²) >= 11 is 0. The van der Waals surface area contributed by atoms with Crippen LogP contribution in [0, 0.1) is 0 Å². The molecule has 0 fully saturated rings. The molecule has 1 atom stereocenters. The molecule has 1 aromatic carbocycles. The van der Waals surface area contributed by atoms with E-state index in [0.717, 1.165) is 19.6 Å². The van der Waals surface area contributed by atoms with E-state index in [1.54, 1.807) is 18.2 Å². The summed E-state index contributed by atoms with van der Waals surface area (Å²) in [5, 5.41) is 3.49. The van der Waals surface area contributed by atoms with Crippen molar-refractivity contribution in [1.29, 1.82) is 0 Å². The summed E-state index contributed by atoms with van der Waals surface area (Å²) in [6.45, 7) is 3.96. The molecule has 100 valence electrons. The van der Waals surface area contributed by atoms with Gasteiger partial charge in [-0.05, 0) is 55.7 Å². The van der Waals surface area contributed by atoms with Gasteiger partial charge in [-0.25, -0.2) is 0 Å². The molecule has 2 nitrogen and oxygen atoms in total. The molecule has 1 N–H and O–H groups in total. The zero-order chi connectivity index (χ0) is 12.8. The van der Waals surface area contributed by atoms with Crippen LogP contribution in [-0.4, -0.2) is 26.3 Å². The number of ether oxygens (including phenoxy) is 1. The van der Waals surface area contributed by atoms with Crippen LogP contribution in [0.1, 0.15) is 36.5 Å². The van der Waals surface area contributed by atoms with Gasteiger partial charge in [-0.1, -0.05) is 18.2 Å². The van der Waals surface area contributed by atoms with Crippen molar-refractivity contribution in [2.24, 2.45) is 0 Å². The second kappa shape index (κ2) is 6.91. The van der Waals surface area contributed by atoms with Gasteiger partial charge >= 0.3 is 0 Å². The predicted molar refractivity (Wildman–Crippen MR) is 76.1 cm³/mol. The van der Waals surface area contributed by atoms with Crippen LogP contribution in [0.5, 0.6) is 0 Å². The fourth-order valence-electron chi connectivity index (χ4n) is 2.75. The number of benzene rings is 1. The lowest BCUT2D eigenvalue weighted by molar-refractivity contribution is 0.196. The van der Waals surface area contributed by atoms with E-state index in [1.807, 2.05) is 0 Å². The Balaban J connectivity index is 1.89. The second-order valence-electron chi connectivity index (χ2n) is 5.36. The maximum atomic E-state index is 5.05. The van der Waals surface area contributed by atoms with Crippen molar-refractivity contribution in [3.8, 4) is 0 Å². The fraction of sp³-hybridized carbons (Fsp3) is 0.625. The molecule has 0 saturated heterocycles. The van der Waals surface area contributed by atoms with E-state index in [2.05, 4.69) is 30.4 Å². The maximum absolute atomic E-state index is 5.05. The van der Waals surface area contributed by atoms with E-state index < -0.39 is 0 Å². The van der Waals surface area contributed by atoms with Crippen molar-refractivity contribution in [1.82, 2.24) is 5.32 Å². The summed E-state index contributed by atoms with van der Waals surface area (Å²) in [5.41, 5.74) is 4.63. The van der Waals surface area contributed by atoms with Crippen molar-refractivity contribution < 1.29 is 4.74 Å². The Morgan fingerprint density at radius 1 is 1.22 bits per heavy atom. The van der Waals surface area contributed by atoms with E-state index in [-0.39, 0.29) is 0 Å². The molecular weight excluding hydrogens is 222 g/mol. The molecule has 0 heterocycles. The van der Waals surface area contributed by atoms with Gasteiger partial charge in [-0.15, -0.1) is 0 Å². The van der Waals surface area contributed by atoms with Crippen molar-refractivity contribution >= 4 is 0 Å². The van der Waals surface area contributed by atoms with Gasteiger partial charge in [0.05, 0.1) is 6.61 Å². The minimum absolute atomic E-state index is 0.516. The van der Waals surface area contributed by atoms with Gasteiger partial charge in [-0.2, -0.15) is 0 Å². The van der Waals surface area contributed by atoms with E-state index in [1.165, 1.54) is 31.2 Å². The highest BCUT2D eigenvalue weighted by molar-refractivity contribution is 5.34. The molecule has 0 radical (unpaired) electrons. The fourth-order valence-corrected chi connectivity index (χ4v) is 2.75. The molecule has 0 aromatic heterocycles. The molecule has 1 aromatic rings. The maximum Gasteiger partial charge on any atom is 0.0587 e. The van der Waals surface area contributed by atoms with Crippen LogP contribution in [0.3, 0.4) is 0 Å². The molecule has 2 rings (SSSR count). The third-order valence-electron chi connectivity index (χ3n) is 3.75. The van der Waals surface area contributed by atoms with Crippen LogP contribution in [0.4, 0.5) is 0 Å². The van der Waals surface area contributed by atoms with E-state index in [4.69, 9.17) is 4.74 Å². The number of nitrogens with one attached hydrogen (secondary N) is 1. The minimum Gasteiger partial charge on any atom is -0.383 e. The Bertz CT molecular complexity index is 375. The van der Waals surface area contributed by atoms with Crippen molar-refractivity contribution in [3.05, 3.63) is 34.9 Å². The van der Waals surface area contributed by atoms with Crippen LogP contribution in [0.2, 0.25) is 0 Å². The van der Waals surface area contributed by atoms with Crippen LogP contribution >= 0.6 is 0 Å². The largest absolute Gasteiger partial charge is 0.383 e. The Morgan fingerprint density at radius 3 is 2.78 bits per heavy atom. The molecule has 1 aliphatic rings. The lowest BCUT2D eigenvalue weighted by atomic mass is 9.89. The first-order valence-corrected chi connectivity index (χ1v) is 7.12. The number of aryl methyl sites for hydroxylation is 2. The van der Waals surface area contributed by atoms with Crippen LogP contribution in [0.15, 0.2) is 18.2 Å². The van der Waals surface area contributed by atoms with Crippen molar-refractivity contribution in [2.45, 2.75) is 45.1 Å². The van der Waals surface area contributed by atoms with Crippen molar-refractivity contribution in [3.63, 3.8) is 0 Å². The SMILES string of the molecule is COCCNC(C)Cc1ccc2c(c1)CCCC2. The molecule has 1 aliphatic carbocycles. The Kier molecular flexibility index (Phi) is 5.21. The number of fused-ring (bicyclic) bond motifs is 1. The first-order chi connectivity index (χ1) is 8.79. The molecule has 2 heteroatoms. The van der Waals surface area contributed by atoms with Crippen LogP contribution in [-0.2, 0) is 24.0 Å². The monoisotopic (exact) mass is 247 g/mol. The molecule has 0 bridgehead atoms. The average Bonchev–Trinajstić information content (AvgIpc) is 2.39. The predicted octanol–water partition coefficient (Wildman–Crippen LogP) is 2.73. The summed E-state index contributed by atoms with van der Waals surface area (Å²) in [5.74, 6) is 0. The first-order valence-electron chi connectivity index (χ1n) is 7.12. The van der Waals surface area contributed by atoms with Gasteiger partial charge in [0.25, 0.3) is 0 Å². The summed E-state index contributed by atoms with van der Waals surface area (Å²) in [7, 11) is 1.75. The Hall–Kier alpha value is -0.860. The third-order valence-corrected chi connectivity index (χ3v) is 3.75. The number of rotatable bonds is 6. The van der Waals surface area contributed by atoms with Crippen LogP contribution in [0.25, 0.3) is 0 Å². The van der Waals surface area contributed by atoms with Gasteiger partial charge in [0.15, 0.2) is 0 Å². The van der Waals surface area contributed by atoms with E-state index >= 15 is 0 Å². The molecule has 0 amide bonds. The number of methoxy groups -OCH3 is 1. The van der Waals surface area contributed by atoms with Crippen LogP contribution < -0.4 is 5.32 Å². The summed E-state index contributed by atoms with van der Waals surface area (Å²) in [4.78, 5) is 0. The zero-order valence-electron chi connectivity index (χ0n) is 11.7. The molecule has 1 unspecified atom stereocenters. The first kappa shape index (κ1) is 13.6. The quantitative estimate of drug-likeness (QED) is 0.780. The highest BCUT2D eigenvalue weighted by Gasteiger charge is 2.10. The average molecular weight is 247 g/mol. The van der Waals surface area contributed by atoms with Gasteiger partial charge in [-0.3, -0.25) is 0 Å². The third kappa shape index (κ3) is 3.82. The summed E-state index contributed by atoms with van der Waals surface area (Å²) in [6, 6.07) is 7.58. The minimum atomic E-state index is 0.516. The highest BCUT2D eigenvalue weighted by atomic mass is 16.5. The summed E-state index contributed by atoms with van der Waals surface area (Å²) in [6.07, 6.45) is 6.38. The topological polar surface area (TPSA) is 21.3 Å². The lowest BCUT2D eigenvalue weighted by Crippen LogP contribution is -2.31. The Morgan fingerprint density at radius 2 is 2.00 bits per heavy atom. The number of hydrogen-bond donors (Lipinski definition) is 1. The van der Waals surface area contributed by atoms with Gasteiger partial charge in [0, 0.05) is 19.7 Å². The van der Waals surface area contributed by atoms with Gasteiger partial charge in [0.1, 0.15) is 0 Å². The standard InChI is InChI=1S/C16H25NO/c1-13(17-9-10-18-2)11-14-7-8-15-5-3-4-6-16(15)12-14/h7-8,12-13,17H,3-6,9-11H2,1-2H3.